The fourth-order valence-electron chi connectivity index (χ4n) is 1.67. The lowest BCUT2D eigenvalue weighted by molar-refractivity contribution is -0.116. The molecule has 1 aliphatic heterocycles. The maximum absolute atomic E-state index is 11.7. The number of carbonyl (C=O) groups excluding carboxylic acids is 1. The molecule has 1 fully saturated rings. The fourth-order valence-corrected chi connectivity index (χ4v) is 2.61. The molecule has 1 amide bonds. The van der Waals surface area contributed by atoms with Gasteiger partial charge in [-0.05, 0) is 0 Å². The highest BCUT2D eigenvalue weighted by atomic mass is 35.5. The van der Waals surface area contributed by atoms with Crippen LogP contribution in [0.15, 0.2) is 12.3 Å². The zero-order valence-corrected chi connectivity index (χ0v) is 11.3. The summed E-state index contributed by atoms with van der Waals surface area (Å²) in [5.41, 5.74) is 0. The van der Waals surface area contributed by atoms with Crippen LogP contribution >= 0.6 is 24.2 Å². The van der Waals surface area contributed by atoms with Gasteiger partial charge in [0.2, 0.25) is 5.91 Å². The molecule has 0 aliphatic carbocycles. The smallest absolute Gasteiger partial charge is 0.227 e. The number of amides is 1. The average Bonchev–Trinajstić information content (AvgIpc) is 2.66. The van der Waals surface area contributed by atoms with E-state index in [0.717, 1.165) is 23.9 Å². The molecule has 0 spiro atoms. The number of thioether (sulfide) groups is 1. The monoisotopic (exact) mass is 276 g/mol. The summed E-state index contributed by atoms with van der Waals surface area (Å²) in [5.74, 6) is 2.94. The van der Waals surface area contributed by atoms with E-state index in [2.05, 4.69) is 15.7 Å². The third kappa shape index (κ3) is 4.22. The van der Waals surface area contributed by atoms with Gasteiger partial charge < -0.3 is 10.6 Å². The number of aromatic nitrogens is 2. The van der Waals surface area contributed by atoms with Crippen LogP contribution < -0.4 is 10.6 Å². The summed E-state index contributed by atoms with van der Waals surface area (Å²) in [6, 6.07) is 2.09. The van der Waals surface area contributed by atoms with Gasteiger partial charge >= 0.3 is 0 Å². The van der Waals surface area contributed by atoms with Crippen molar-refractivity contribution >= 4 is 35.9 Å². The molecule has 7 heteroatoms. The molecule has 1 aliphatic rings. The zero-order chi connectivity index (χ0) is 11.4. The van der Waals surface area contributed by atoms with E-state index in [4.69, 9.17) is 0 Å². The van der Waals surface area contributed by atoms with Gasteiger partial charge in [-0.25, -0.2) is 0 Å². The van der Waals surface area contributed by atoms with E-state index in [1.54, 1.807) is 16.9 Å². The van der Waals surface area contributed by atoms with Crippen molar-refractivity contribution in [1.82, 2.24) is 15.1 Å². The van der Waals surface area contributed by atoms with Gasteiger partial charge in [0, 0.05) is 43.6 Å². The maximum atomic E-state index is 11.7. The van der Waals surface area contributed by atoms with E-state index in [9.17, 15) is 4.79 Å². The first kappa shape index (κ1) is 14.3. The zero-order valence-electron chi connectivity index (χ0n) is 9.68. The third-order valence-corrected chi connectivity index (χ3v) is 3.65. The van der Waals surface area contributed by atoms with Crippen LogP contribution in [0.2, 0.25) is 0 Å². The minimum atomic E-state index is 0. The summed E-state index contributed by atoms with van der Waals surface area (Å²) in [6.07, 6.45) is 2.20. The predicted octanol–water partition coefficient (Wildman–Crippen LogP) is 0.875. The Balaban J connectivity index is 0.00000144. The van der Waals surface area contributed by atoms with Crippen LogP contribution in [-0.4, -0.2) is 39.8 Å². The van der Waals surface area contributed by atoms with E-state index in [1.165, 1.54) is 0 Å². The van der Waals surface area contributed by atoms with Gasteiger partial charge in [-0.1, -0.05) is 0 Å². The number of carbonyl (C=O) groups is 1. The highest BCUT2D eigenvalue weighted by Crippen LogP contribution is 2.11. The normalized spacial score (nSPS) is 19.5. The van der Waals surface area contributed by atoms with Crippen molar-refractivity contribution in [2.24, 2.45) is 7.05 Å². The summed E-state index contributed by atoms with van der Waals surface area (Å²) in [5, 5.41) is 10.2. The Labute approximate surface area is 111 Å². The Kier molecular flexibility index (Phi) is 5.80. The van der Waals surface area contributed by atoms with Crippen molar-refractivity contribution in [2.45, 2.75) is 12.5 Å². The lowest BCUT2D eigenvalue weighted by atomic mass is 10.2. The van der Waals surface area contributed by atoms with Crippen LogP contribution in [0.4, 0.5) is 5.82 Å². The number of rotatable bonds is 3. The second kappa shape index (κ2) is 6.88. The summed E-state index contributed by atoms with van der Waals surface area (Å²) in [7, 11) is 1.81. The van der Waals surface area contributed by atoms with Crippen LogP contribution in [-0.2, 0) is 11.8 Å². The van der Waals surface area contributed by atoms with E-state index in [1.807, 2.05) is 18.8 Å². The van der Waals surface area contributed by atoms with Crippen molar-refractivity contribution in [3.05, 3.63) is 12.3 Å². The molecule has 2 rings (SSSR count). The van der Waals surface area contributed by atoms with Crippen LogP contribution in [0, 0.1) is 0 Å². The van der Waals surface area contributed by atoms with Gasteiger partial charge in [0.15, 0.2) is 0 Å². The summed E-state index contributed by atoms with van der Waals surface area (Å²) < 4.78 is 1.65. The first-order valence-corrected chi connectivity index (χ1v) is 6.50. The Hall–Kier alpha value is -0.720. The number of hydrogen-bond donors (Lipinski definition) is 2. The molecule has 2 heterocycles. The van der Waals surface area contributed by atoms with Crippen molar-refractivity contribution in [3.63, 3.8) is 0 Å². The first-order valence-electron chi connectivity index (χ1n) is 5.34. The second-order valence-electron chi connectivity index (χ2n) is 3.82. The van der Waals surface area contributed by atoms with Gasteiger partial charge in [-0.2, -0.15) is 16.9 Å². The maximum Gasteiger partial charge on any atom is 0.227 e. The summed E-state index contributed by atoms with van der Waals surface area (Å²) >= 11 is 1.90. The van der Waals surface area contributed by atoms with Gasteiger partial charge in [0.1, 0.15) is 5.82 Å². The van der Waals surface area contributed by atoms with Gasteiger partial charge in [0.25, 0.3) is 0 Å². The molecule has 0 radical (unpaired) electrons. The largest absolute Gasteiger partial charge is 0.312 e. The van der Waals surface area contributed by atoms with E-state index in [-0.39, 0.29) is 18.3 Å². The molecule has 5 nitrogen and oxygen atoms in total. The molecule has 96 valence electrons. The van der Waals surface area contributed by atoms with Crippen LogP contribution in [0.5, 0.6) is 0 Å². The number of halogens is 1. The SMILES string of the molecule is Cl.Cn1nccc1NC(=O)CC1CSCCN1. The van der Waals surface area contributed by atoms with E-state index < -0.39 is 0 Å². The number of hydrogen-bond acceptors (Lipinski definition) is 4. The van der Waals surface area contributed by atoms with E-state index in [0.29, 0.717) is 12.5 Å². The standard InChI is InChI=1S/C10H16N4OS.ClH/c1-14-9(2-3-12-14)13-10(15)6-8-7-16-5-4-11-8;/h2-3,8,11H,4-7H2,1H3,(H,13,15);1H. The number of aryl methyl sites for hydroxylation is 1. The Morgan fingerprint density at radius 3 is 3.18 bits per heavy atom. The third-order valence-electron chi connectivity index (χ3n) is 2.52. The number of anilines is 1. The van der Waals surface area contributed by atoms with Gasteiger partial charge in [0.05, 0.1) is 6.20 Å². The number of nitrogens with zero attached hydrogens (tertiary/aromatic N) is 2. The molecule has 0 saturated carbocycles. The van der Waals surface area contributed by atoms with E-state index >= 15 is 0 Å². The minimum Gasteiger partial charge on any atom is -0.312 e. The van der Waals surface area contributed by atoms with Gasteiger partial charge in [-0.3, -0.25) is 9.48 Å². The Morgan fingerprint density at radius 1 is 1.76 bits per heavy atom. The van der Waals surface area contributed by atoms with Crippen molar-refractivity contribution in [3.8, 4) is 0 Å². The summed E-state index contributed by atoms with van der Waals surface area (Å²) in [6.45, 7) is 0.994. The molecule has 0 aromatic carbocycles. The topological polar surface area (TPSA) is 59.0 Å². The van der Waals surface area contributed by atoms with Crippen LogP contribution in [0.3, 0.4) is 0 Å². The lowest BCUT2D eigenvalue weighted by Gasteiger charge is -2.22. The van der Waals surface area contributed by atoms with Gasteiger partial charge in [-0.15, -0.1) is 12.4 Å². The quantitative estimate of drug-likeness (QED) is 0.860. The number of nitrogens with one attached hydrogen (secondary N) is 2. The molecule has 1 saturated heterocycles. The first-order chi connectivity index (χ1) is 7.75. The Morgan fingerprint density at radius 2 is 2.59 bits per heavy atom. The second-order valence-corrected chi connectivity index (χ2v) is 4.97. The highest BCUT2D eigenvalue weighted by molar-refractivity contribution is 7.99. The molecule has 1 unspecified atom stereocenters. The Bertz CT molecular complexity index is 365. The molecular weight excluding hydrogens is 260 g/mol. The molecule has 1 atom stereocenters. The van der Waals surface area contributed by atoms with Crippen LogP contribution in [0.1, 0.15) is 6.42 Å². The minimum absolute atomic E-state index is 0. The highest BCUT2D eigenvalue weighted by Gasteiger charge is 2.17. The average molecular weight is 277 g/mol. The molecule has 1 aromatic rings. The van der Waals surface area contributed by atoms with Crippen molar-refractivity contribution < 1.29 is 4.79 Å². The molecule has 2 N–H and O–H groups in total. The predicted molar refractivity (Wildman–Crippen MR) is 72.8 cm³/mol. The molecular formula is C10H17ClN4OS. The van der Waals surface area contributed by atoms with Crippen molar-refractivity contribution in [2.75, 3.05) is 23.4 Å². The molecule has 17 heavy (non-hydrogen) atoms. The fraction of sp³-hybridized carbons (Fsp3) is 0.600. The molecule has 0 bridgehead atoms. The summed E-state index contributed by atoms with van der Waals surface area (Å²) in [4.78, 5) is 11.7. The lowest BCUT2D eigenvalue weighted by Crippen LogP contribution is -2.40. The van der Waals surface area contributed by atoms with Crippen LogP contribution in [0.25, 0.3) is 0 Å². The van der Waals surface area contributed by atoms with Crippen molar-refractivity contribution in [1.29, 1.82) is 0 Å². The molecule has 1 aromatic heterocycles.